The number of fused-ring (bicyclic) bond motifs is 2. The number of amides is 2. The molecule has 2 bridgehead atoms. The zero-order valence-electron chi connectivity index (χ0n) is 10.7. The molecule has 1 aromatic heterocycles. The maximum absolute atomic E-state index is 12.0. The molecule has 0 saturated heterocycles. The highest BCUT2D eigenvalue weighted by molar-refractivity contribution is 5.89. The lowest BCUT2D eigenvalue weighted by Crippen LogP contribution is -2.46. The highest BCUT2D eigenvalue weighted by Crippen LogP contribution is 2.48. The molecule has 2 amide bonds. The number of nitrogens with zero attached hydrogens (tertiary/aromatic N) is 1. The van der Waals surface area contributed by atoms with Gasteiger partial charge in [0.2, 0.25) is 0 Å². The molecule has 5 nitrogen and oxygen atoms in total. The maximum Gasteiger partial charge on any atom is 0.319 e. The van der Waals surface area contributed by atoms with E-state index in [1.807, 2.05) is 0 Å². The molecule has 2 aliphatic rings. The Bertz CT molecular complexity index is 451. The molecule has 1 heterocycles. The Morgan fingerprint density at radius 3 is 3.00 bits per heavy atom. The molecule has 2 saturated carbocycles. The molecule has 19 heavy (non-hydrogen) atoms. The van der Waals surface area contributed by atoms with Crippen LogP contribution in [0.15, 0.2) is 24.5 Å². The van der Waals surface area contributed by atoms with Crippen LogP contribution in [0, 0.1) is 17.8 Å². The third kappa shape index (κ3) is 2.42. The number of aliphatic hydroxyl groups is 1. The van der Waals surface area contributed by atoms with E-state index in [4.69, 9.17) is 0 Å². The first-order valence-corrected chi connectivity index (χ1v) is 6.86. The first-order valence-electron chi connectivity index (χ1n) is 6.86. The third-order valence-electron chi connectivity index (χ3n) is 4.52. The van der Waals surface area contributed by atoms with E-state index in [1.165, 1.54) is 12.8 Å². The summed E-state index contributed by atoms with van der Waals surface area (Å²) >= 11 is 0. The molecular weight excluding hydrogens is 242 g/mol. The van der Waals surface area contributed by atoms with Gasteiger partial charge in [0.25, 0.3) is 0 Å². The average molecular weight is 261 g/mol. The average Bonchev–Trinajstić information content (AvgIpc) is 3.00. The van der Waals surface area contributed by atoms with Crippen molar-refractivity contribution in [3.63, 3.8) is 0 Å². The first-order chi connectivity index (χ1) is 9.28. The molecular formula is C14H19N3O2. The van der Waals surface area contributed by atoms with Crippen LogP contribution in [0.4, 0.5) is 10.5 Å². The van der Waals surface area contributed by atoms with Crippen LogP contribution < -0.4 is 10.6 Å². The van der Waals surface area contributed by atoms with Crippen molar-refractivity contribution in [2.24, 2.45) is 17.8 Å². The zero-order chi connectivity index (χ0) is 13.2. The van der Waals surface area contributed by atoms with Gasteiger partial charge in [-0.05, 0) is 43.2 Å². The van der Waals surface area contributed by atoms with Crippen molar-refractivity contribution in [3.05, 3.63) is 24.5 Å². The number of hydrogen-bond acceptors (Lipinski definition) is 3. The molecule has 0 spiro atoms. The van der Waals surface area contributed by atoms with E-state index in [-0.39, 0.29) is 24.6 Å². The van der Waals surface area contributed by atoms with Gasteiger partial charge in [0.05, 0.1) is 11.9 Å². The number of urea groups is 1. The van der Waals surface area contributed by atoms with Gasteiger partial charge in [0, 0.05) is 24.8 Å². The number of nitrogens with one attached hydrogen (secondary N) is 2. The van der Waals surface area contributed by atoms with Gasteiger partial charge in [0.1, 0.15) is 0 Å². The molecule has 5 heteroatoms. The number of rotatable bonds is 3. The minimum atomic E-state index is -0.205. The van der Waals surface area contributed by atoms with Gasteiger partial charge in [-0.25, -0.2) is 4.79 Å². The van der Waals surface area contributed by atoms with E-state index >= 15 is 0 Å². The van der Waals surface area contributed by atoms with Gasteiger partial charge in [-0.1, -0.05) is 0 Å². The van der Waals surface area contributed by atoms with E-state index < -0.39 is 0 Å². The second-order valence-electron chi connectivity index (χ2n) is 5.55. The van der Waals surface area contributed by atoms with Gasteiger partial charge in [0.15, 0.2) is 0 Å². The molecule has 0 aliphatic heterocycles. The molecule has 3 N–H and O–H groups in total. The standard InChI is InChI=1S/C14H19N3O2/c18-8-12-9-3-4-10(6-9)13(12)17-14(19)16-11-2-1-5-15-7-11/h1-2,5,7,9-10,12-13,18H,3-4,6,8H2,(H2,16,17,19)/t9-,10-,12+,13+/m0/s1. The summed E-state index contributed by atoms with van der Waals surface area (Å²) in [5.74, 6) is 1.33. The van der Waals surface area contributed by atoms with E-state index in [1.54, 1.807) is 24.5 Å². The summed E-state index contributed by atoms with van der Waals surface area (Å²) in [5, 5.41) is 15.3. The fourth-order valence-corrected chi connectivity index (χ4v) is 3.65. The van der Waals surface area contributed by atoms with Crippen LogP contribution in [0.3, 0.4) is 0 Å². The largest absolute Gasteiger partial charge is 0.396 e. The molecule has 0 unspecified atom stereocenters. The van der Waals surface area contributed by atoms with Crippen LogP contribution in [-0.4, -0.2) is 28.8 Å². The molecule has 1 aromatic rings. The Balaban J connectivity index is 1.60. The fourth-order valence-electron chi connectivity index (χ4n) is 3.65. The highest BCUT2D eigenvalue weighted by Gasteiger charge is 2.47. The van der Waals surface area contributed by atoms with Crippen LogP contribution in [0.5, 0.6) is 0 Å². The Kier molecular flexibility index (Phi) is 3.38. The van der Waals surface area contributed by atoms with E-state index in [9.17, 15) is 9.90 Å². The monoisotopic (exact) mass is 261 g/mol. The van der Waals surface area contributed by atoms with Crippen molar-refractivity contribution in [2.45, 2.75) is 25.3 Å². The van der Waals surface area contributed by atoms with E-state index in [0.29, 0.717) is 17.5 Å². The number of aliphatic hydroxyl groups excluding tert-OH is 1. The predicted octanol–water partition coefficient (Wildman–Crippen LogP) is 1.61. The Morgan fingerprint density at radius 1 is 1.42 bits per heavy atom. The lowest BCUT2D eigenvalue weighted by Gasteiger charge is -2.30. The van der Waals surface area contributed by atoms with Crippen LogP contribution in [-0.2, 0) is 0 Å². The zero-order valence-corrected chi connectivity index (χ0v) is 10.7. The van der Waals surface area contributed by atoms with Crippen LogP contribution in [0.1, 0.15) is 19.3 Å². The summed E-state index contributed by atoms with van der Waals surface area (Å²) in [6.07, 6.45) is 6.78. The van der Waals surface area contributed by atoms with Gasteiger partial charge in [-0.2, -0.15) is 0 Å². The third-order valence-corrected chi connectivity index (χ3v) is 4.52. The number of carbonyl (C=O) groups is 1. The molecule has 3 rings (SSSR count). The molecule has 2 aliphatic carbocycles. The van der Waals surface area contributed by atoms with Crippen LogP contribution >= 0.6 is 0 Å². The van der Waals surface area contributed by atoms with Crippen molar-refractivity contribution >= 4 is 11.7 Å². The van der Waals surface area contributed by atoms with Gasteiger partial charge in [-0.3, -0.25) is 4.98 Å². The van der Waals surface area contributed by atoms with E-state index in [0.717, 1.165) is 6.42 Å². The smallest absolute Gasteiger partial charge is 0.319 e. The second-order valence-corrected chi connectivity index (χ2v) is 5.55. The van der Waals surface area contributed by atoms with Gasteiger partial charge >= 0.3 is 6.03 Å². The maximum atomic E-state index is 12.0. The predicted molar refractivity (Wildman–Crippen MR) is 71.6 cm³/mol. The van der Waals surface area contributed by atoms with Gasteiger partial charge < -0.3 is 15.7 Å². The quantitative estimate of drug-likeness (QED) is 0.774. The molecule has 102 valence electrons. The number of hydrogen-bond donors (Lipinski definition) is 3. The fraction of sp³-hybridized carbons (Fsp3) is 0.571. The molecule has 2 fully saturated rings. The topological polar surface area (TPSA) is 74.2 Å². The van der Waals surface area contributed by atoms with Crippen molar-refractivity contribution in [1.29, 1.82) is 0 Å². The normalized spacial score (nSPS) is 32.3. The van der Waals surface area contributed by atoms with Crippen molar-refractivity contribution in [3.8, 4) is 0 Å². The number of pyridine rings is 1. The Hall–Kier alpha value is -1.62. The number of carbonyl (C=O) groups excluding carboxylic acids is 1. The molecule has 0 radical (unpaired) electrons. The van der Waals surface area contributed by atoms with Crippen molar-refractivity contribution in [2.75, 3.05) is 11.9 Å². The minimum Gasteiger partial charge on any atom is -0.396 e. The lowest BCUT2D eigenvalue weighted by molar-refractivity contribution is 0.146. The van der Waals surface area contributed by atoms with E-state index in [2.05, 4.69) is 15.6 Å². The number of aromatic nitrogens is 1. The lowest BCUT2D eigenvalue weighted by atomic mass is 9.85. The van der Waals surface area contributed by atoms with Crippen molar-refractivity contribution < 1.29 is 9.90 Å². The molecule has 4 atom stereocenters. The van der Waals surface area contributed by atoms with Crippen molar-refractivity contribution in [1.82, 2.24) is 10.3 Å². The minimum absolute atomic E-state index is 0.112. The van der Waals surface area contributed by atoms with Crippen LogP contribution in [0.2, 0.25) is 0 Å². The summed E-state index contributed by atoms with van der Waals surface area (Å²) < 4.78 is 0. The summed E-state index contributed by atoms with van der Waals surface area (Å²) in [7, 11) is 0. The molecule has 0 aromatic carbocycles. The first kappa shape index (κ1) is 12.4. The SMILES string of the molecule is O=C(Nc1cccnc1)N[C@@H]1[C@H]2CC[C@@H](C2)[C@H]1CO. The van der Waals surface area contributed by atoms with Gasteiger partial charge in [-0.15, -0.1) is 0 Å². The second kappa shape index (κ2) is 5.17. The highest BCUT2D eigenvalue weighted by atomic mass is 16.3. The summed E-state index contributed by atoms with van der Waals surface area (Å²) in [6, 6.07) is 3.49. The Morgan fingerprint density at radius 2 is 2.26 bits per heavy atom. The van der Waals surface area contributed by atoms with Crippen LogP contribution in [0.25, 0.3) is 0 Å². The Labute approximate surface area is 112 Å². The number of anilines is 1. The summed E-state index contributed by atoms with van der Waals surface area (Å²) in [5.41, 5.74) is 0.684. The summed E-state index contributed by atoms with van der Waals surface area (Å²) in [4.78, 5) is 15.9. The summed E-state index contributed by atoms with van der Waals surface area (Å²) in [6.45, 7) is 0.166.